The molecule has 0 spiro atoms. The van der Waals surface area contributed by atoms with E-state index in [2.05, 4.69) is 23.1 Å². The Hall–Kier alpha value is -3.47. The number of amides is 2. The molecule has 0 N–H and O–H groups in total. The zero-order chi connectivity index (χ0) is 24.8. The van der Waals surface area contributed by atoms with Gasteiger partial charge in [-0.05, 0) is 42.9 Å². The van der Waals surface area contributed by atoms with E-state index in [1.807, 2.05) is 28.1 Å². The standard InChI is InChI=1S/C27H34N6O2/c1-3-4-5-6-23-19-32(18-22-9-7-20(16-28)8-10-22)27(35)25-15-24(30-33(23)25)26(34)31-13-11-21(12-14-31)17-29-2/h7-10,15,17,21,23H,3-6,11-14,18-19H2,1-2H3/b29-17-. The molecule has 1 fully saturated rings. The molecule has 184 valence electrons. The number of piperidine rings is 1. The van der Waals surface area contributed by atoms with Crippen molar-refractivity contribution >= 4 is 18.0 Å². The van der Waals surface area contributed by atoms with Gasteiger partial charge in [0.2, 0.25) is 0 Å². The van der Waals surface area contributed by atoms with Crippen molar-refractivity contribution in [3.63, 3.8) is 0 Å². The lowest BCUT2D eigenvalue weighted by Gasteiger charge is -2.33. The SMILES string of the molecule is CCCCCC1CN(Cc2ccc(C#N)cc2)C(=O)c2cc(C(=O)N3CCC(/C=N\C)CC3)nn21. The fourth-order valence-electron chi connectivity index (χ4n) is 5.02. The second kappa shape index (κ2) is 11.3. The molecular formula is C27H34N6O2. The monoisotopic (exact) mass is 474 g/mol. The molecular weight excluding hydrogens is 440 g/mol. The average Bonchev–Trinajstić information content (AvgIpc) is 3.34. The summed E-state index contributed by atoms with van der Waals surface area (Å²) in [5.74, 6) is 0.211. The molecule has 4 rings (SSSR count). The molecule has 2 aliphatic rings. The lowest BCUT2D eigenvalue weighted by atomic mass is 9.98. The zero-order valence-corrected chi connectivity index (χ0v) is 20.7. The highest BCUT2D eigenvalue weighted by Gasteiger charge is 2.35. The van der Waals surface area contributed by atoms with Crippen molar-refractivity contribution in [1.29, 1.82) is 5.26 Å². The van der Waals surface area contributed by atoms with E-state index < -0.39 is 0 Å². The Morgan fingerprint density at radius 3 is 2.63 bits per heavy atom. The highest BCUT2D eigenvalue weighted by molar-refractivity contribution is 5.98. The number of unbranched alkanes of at least 4 members (excludes halogenated alkanes) is 2. The van der Waals surface area contributed by atoms with Crippen LogP contribution in [0.3, 0.4) is 0 Å². The highest BCUT2D eigenvalue weighted by Crippen LogP contribution is 2.28. The lowest BCUT2D eigenvalue weighted by molar-refractivity contribution is 0.0630. The Labute approximate surface area is 207 Å². The third-order valence-electron chi connectivity index (χ3n) is 7.02. The van der Waals surface area contributed by atoms with E-state index in [1.54, 1.807) is 29.9 Å². The topological polar surface area (TPSA) is 94.6 Å². The maximum atomic E-state index is 13.4. The summed E-state index contributed by atoms with van der Waals surface area (Å²) in [5, 5.41) is 13.7. The van der Waals surface area contributed by atoms with Gasteiger partial charge in [0, 0.05) is 45.5 Å². The maximum Gasteiger partial charge on any atom is 0.274 e. The second-order valence-corrected chi connectivity index (χ2v) is 9.54. The van der Waals surface area contributed by atoms with Crippen LogP contribution in [0, 0.1) is 17.2 Å². The van der Waals surface area contributed by atoms with E-state index in [4.69, 9.17) is 5.26 Å². The minimum Gasteiger partial charge on any atom is -0.337 e. The summed E-state index contributed by atoms with van der Waals surface area (Å²) in [7, 11) is 1.78. The Morgan fingerprint density at radius 1 is 1.23 bits per heavy atom. The number of hydrogen-bond acceptors (Lipinski definition) is 5. The van der Waals surface area contributed by atoms with E-state index in [-0.39, 0.29) is 17.9 Å². The van der Waals surface area contributed by atoms with Crippen LogP contribution in [0.1, 0.15) is 83.6 Å². The Balaban J connectivity index is 1.54. The van der Waals surface area contributed by atoms with Crippen molar-refractivity contribution in [1.82, 2.24) is 19.6 Å². The maximum absolute atomic E-state index is 13.4. The Morgan fingerprint density at radius 2 is 1.97 bits per heavy atom. The number of benzene rings is 1. The number of aliphatic imine (C=N–C) groups is 1. The summed E-state index contributed by atoms with van der Waals surface area (Å²) in [4.78, 5) is 34.5. The number of carbonyl (C=O) groups is 2. The van der Waals surface area contributed by atoms with Gasteiger partial charge in [-0.15, -0.1) is 0 Å². The molecule has 1 aromatic heterocycles. The molecule has 1 atom stereocenters. The van der Waals surface area contributed by atoms with Gasteiger partial charge in [-0.2, -0.15) is 10.4 Å². The van der Waals surface area contributed by atoms with E-state index in [0.717, 1.165) is 44.1 Å². The van der Waals surface area contributed by atoms with Crippen molar-refractivity contribution in [2.45, 2.75) is 58.0 Å². The summed E-state index contributed by atoms with van der Waals surface area (Å²) in [5.41, 5.74) is 2.43. The fourth-order valence-corrected chi connectivity index (χ4v) is 5.02. The van der Waals surface area contributed by atoms with Crippen LogP contribution >= 0.6 is 0 Å². The third kappa shape index (κ3) is 5.61. The van der Waals surface area contributed by atoms with Crippen LogP contribution in [0.15, 0.2) is 35.3 Å². The van der Waals surface area contributed by atoms with E-state index in [1.165, 1.54) is 0 Å². The molecule has 35 heavy (non-hydrogen) atoms. The third-order valence-corrected chi connectivity index (χ3v) is 7.02. The molecule has 3 heterocycles. The van der Waals surface area contributed by atoms with Crippen molar-refractivity contribution in [2.75, 3.05) is 26.7 Å². The van der Waals surface area contributed by atoms with Crippen molar-refractivity contribution in [3.05, 3.63) is 52.8 Å². The van der Waals surface area contributed by atoms with Crippen molar-refractivity contribution < 1.29 is 9.59 Å². The number of nitriles is 1. The van der Waals surface area contributed by atoms with Gasteiger partial charge < -0.3 is 14.8 Å². The quantitative estimate of drug-likeness (QED) is 0.425. The normalized spacial score (nSPS) is 18.7. The van der Waals surface area contributed by atoms with Crippen LogP contribution in [0.5, 0.6) is 0 Å². The number of hydrogen-bond donors (Lipinski definition) is 0. The molecule has 8 heteroatoms. The molecule has 0 radical (unpaired) electrons. The molecule has 2 aliphatic heterocycles. The summed E-state index contributed by atoms with van der Waals surface area (Å²) in [6.07, 6.45) is 7.97. The minimum atomic E-state index is -0.106. The molecule has 1 aromatic carbocycles. The minimum absolute atomic E-state index is 0.0423. The Kier molecular flexibility index (Phi) is 7.96. The summed E-state index contributed by atoms with van der Waals surface area (Å²) >= 11 is 0. The zero-order valence-electron chi connectivity index (χ0n) is 20.7. The van der Waals surface area contributed by atoms with Gasteiger partial charge >= 0.3 is 0 Å². The number of fused-ring (bicyclic) bond motifs is 1. The van der Waals surface area contributed by atoms with Crippen LogP contribution < -0.4 is 0 Å². The highest BCUT2D eigenvalue weighted by atomic mass is 16.2. The first-order chi connectivity index (χ1) is 17.0. The molecule has 0 bridgehead atoms. The molecule has 8 nitrogen and oxygen atoms in total. The van der Waals surface area contributed by atoms with Gasteiger partial charge in [-0.1, -0.05) is 38.3 Å². The van der Waals surface area contributed by atoms with Gasteiger partial charge in [0.1, 0.15) is 5.69 Å². The predicted octanol–water partition coefficient (Wildman–Crippen LogP) is 4.08. The Bertz CT molecular complexity index is 1110. The number of carbonyl (C=O) groups excluding carboxylic acids is 2. The van der Waals surface area contributed by atoms with E-state index in [9.17, 15) is 9.59 Å². The van der Waals surface area contributed by atoms with Crippen LogP contribution in [0.4, 0.5) is 0 Å². The predicted molar refractivity (Wildman–Crippen MR) is 134 cm³/mol. The van der Waals surface area contributed by atoms with Crippen LogP contribution in [-0.4, -0.2) is 64.3 Å². The molecule has 1 saturated heterocycles. The van der Waals surface area contributed by atoms with Gasteiger partial charge in [0.05, 0.1) is 17.7 Å². The second-order valence-electron chi connectivity index (χ2n) is 9.54. The summed E-state index contributed by atoms with van der Waals surface area (Å²) < 4.78 is 1.80. The number of nitrogens with zero attached hydrogens (tertiary/aromatic N) is 6. The molecule has 0 aliphatic carbocycles. The van der Waals surface area contributed by atoms with Crippen molar-refractivity contribution in [3.8, 4) is 6.07 Å². The number of rotatable bonds is 8. The van der Waals surface area contributed by atoms with Gasteiger partial charge in [-0.3, -0.25) is 14.3 Å². The van der Waals surface area contributed by atoms with E-state index >= 15 is 0 Å². The molecule has 1 unspecified atom stereocenters. The smallest absolute Gasteiger partial charge is 0.274 e. The summed E-state index contributed by atoms with van der Waals surface area (Å²) in [6.45, 7) is 4.56. The number of aromatic nitrogens is 2. The largest absolute Gasteiger partial charge is 0.337 e. The first kappa shape index (κ1) is 24.6. The van der Waals surface area contributed by atoms with Gasteiger partial charge in [0.15, 0.2) is 5.69 Å². The fraction of sp³-hybridized carbons (Fsp3) is 0.519. The lowest BCUT2D eigenvalue weighted by Crippen LogP contribution is -2.42. The molecule has 2 aromatic rings. The number of likely N-dealkylation sites (tertiary alicyclic amines) is 1. The van der Waals surface area contributed by atoms with Crippen LogP contribution in [0.25, 0.3) is 0 Å². The van der Waals surface area contributed by atoms with Crippen molar-refractivity contribution in [2.24, 2.45) is 10.9 Å². The van der Waals surface area contributed by atoms with Gasteiger partial charge in [0.25, 0.3) is 11.8 Å². The molecule has 2 amide bonds. The molecule has 0 saturated carbocycles. The van der Waals surface area contributed by atoms with E-state index in [0.29, 0.717) is 49.0 Å². The first-order valence-electron chi connectivity index (χ1n) is 12.6. The first-order valence-corrected chi connectivity index (χ1v) is 12.6. The average molecular weight is 475 g/mol. The summed E-state index contributed by atoms with van der Waals surface area (Å²) in [6, 6.07) is 11.2. The van der Waals surface area contributed by atoms with Gasteiger partial charge in [-0.25, -0.2) is 0 Å². The van der Waals surface area contributed by atoms with Crippen LogP contribution in [0.2, 0.25) is 0 Å². The van der Waals surface area contributed by atoms with Crippen LogP contribution in [-0.2, 0) is 6.54 Å².